The minimum Gasteiger partial charge on any atom is -0.493 e. The van der Waals surface area contributed by atoms with E-state index >= 15 is 0 Å². The zero-order valence-corrected chi connectivity index (χ0v) is 10.9. The van der Waals surface area contributed by atoms with Crippen LogP contribution in [0.25, 0.3) is 0 Å². The van der Waals surface area contributed by atoms with Gasteiger partial charge in [0.05, 0.1) is 13.2 Å². The Balaban J connectivity index is 1.84. The molecule has 1 N–H and O–H groups in total. The van der Waals surface area contributed by atoms with Gasteiger partial charge in [-0.3, -0.25) is 0 Å². The Morgan fingerprint density at radius 3 is 3.11 bits per heavy atom. The molecule has 0 bridgehead atoms. The minimum atomic E-state index is 0.420. The summed E-state index contributed by atoms with van der Waals surface area (Å²) in [6, 6.07) is 7.06. The molecule has 0 amide bonds. The van der Waals surface area contributed by atoms with Gasteiger partial charge in [0.1, 0.15) is 5.75 Å². The summed E-state index contributed by atoms with van der Waals surface area (Å²) in [5, 5.41) is 3.61. The van der Waals surface area contributed by atoms with E-state index in [9.17, 15) is 0 Å². The van der Waals surface area contributed by atoms with Crippen LogP contribution >= 0.6 is 0 Å². The van der Waals surface area contributed by atoms with Crippen molar-refractivity contribution in [2.24, 2.45) is 5.92 Å². The molecule has 98 valence electrons. The Hall–Kier alpha value is -1.06. The Kier molecular flexibility index (Phi) is 3.52. The van der Waals surface area contributed by atoms with E-state index in [4.69, 9.17) is 9.47 Å². The van der Waals surface area contributed by atoms with Crippen LogP contribution in [0.3, 0.4) is 0 Å². The fourth-order valence-electron chi connectivity index (χ4n) is 2.99. The number of ether oxygens (including phenoxy) is 2. The van der Waals surface area contributed by atoms with E-state index in [0.29, 0.717) is 12.0 Å². The Morgan fingerprint density at radius 1 is 1.39 bits per heavy atom. The molecular formula is C15H21NO2. The van der Waals surface area contributed by atoms with Gasteiger partial charge in [0.2, 0.25) is 0 Å². The molecule has 1 aromatic carbocycles. The van der Waals surface area contributed by atoms with Crippen LogP contribution in [0.2, 0.25) is 0 Å². The normalized spacial score (nSPS) is 23.7. The predicted octanol–water partition coefficient (Wildman–Crippen LogP) is 2.31. The zero-order valence-electron chi connectivity index (χ0n) is 10.9. The first-order valence-corrected chi connectivity index (χ1v) is 6.95. The van der Waals surface area contributed by atoms with Crippen molar-refractivity contribution in [1.82, 2.24) is 5.32 Å². The van der Waals surface area contributed by atoms with Crippen LogP contribution in [0.5, 0.6) is 5.75 Å². The van der Waals surface area contributed by atoms with E-state index in [2.05, 4.69) is 30.4 Å². The first kappa shape index (κ1) is 12.0. The predicted molar refractivity (Wildman–Crippen MR) is 71.0 cm³/mol. The molecular weight excluding hydrogens is 226 g/mol. The number of nitrogens with one attached hydrogen (secondary N) is 1. The molecule has 0 aliphatic carbocycles. The number of hydrogen-bond donors (Lipinski definition) is 1. The Morgan fingerprint density at radius 2 is 2.33 bits per heavy atom. The van der Waals surface area contributed by atoms with E-state index in [1.807, 2.05) is 0 Å². The molecule has 0 spiro atoms. The van der Waals surface area contributed by atoms with Crippen LogP contribution in [0.15, 0.2) is 18.2 Å². The summed E-state index contributed by atoms with van der Waals surface area (Å²) in [5.41, 5.74) is 2.74. The summed E-state index contributed by atoms with van der Waals surface area (Å²) in [4.78, 5) is 0. The maximum Gasteiger partial charge on any atom is 0.122 e. The average molecular weight is 247 g/mol. The van der Waals surface area contributed by atoms with Crippen molar-refractivity contribution < 1.29 is 9.47 Å². The van der Waals surface area contributed by atoms with Crippen LogP contribution in [0, 0.1) is 5.92 Å². The van der Waals surface area contributed by atoms with Gasteiger partial charge < -0.3 is 14.8 Å². The van der Waals surface area contributed by atoms with Gasteiger partial charge in [-0.05, 0) is 30.2 Å². The second-order valence-electron chi connectivity index (χ2n) is 5.12. The fourth-order valence-corrected chi connectivity index (χ4v) is 2.99. The number of rotatable bonds is 4. The van der Waals surface area contributed by atoms with Gasteiger partial charge >= 0.3 is 0 Å². The van der Waals surface area contributed by atoms with E-state index in [0.717, 1.165) is 45.0 Å². The summed E-state index contributed by atoms with van der Waals surface area (Å²) < 4.78 is 11.1. The van der Waals surface area contributed by atoms with Crippen molar-refractivity contribution in [3.05, 3.63) is 29.3 Å². The lowest BCUT2D eigenvalue weighted by Crippen LogP contribution is -2.28. The molecule has 0 radical (unpaired) electrons. The monoisotopic (exact) mass is 247 g/mol. The summed E-state index contributed by atoms with van der Waals surface area (Å²) in [6.07, 6.45) is 2.20. The summed E-state index contributed by atoms with van der Waals surface area (Å²) in [5.74, 6) is 1.67. The van der Waals surface area contributed by atoms with Crippen molar-refractivity contribution in [2.75, 3.05) is 26.4 Å². The molecule has 2 heterocycles. The van der Waals surface area contributed by atoms with E-state index in [1.165, 1.54) is 11.1 Å². The number of fused-ring (bicyclic) bond motifs is 1. The molecule has 3 rings (SSSR count). The lowest BCUT2D eigenvalue weighted by molar-refractivity contribution is 0.177. The van der Waals surface area contributed by atoms with Crippen LogP contribution in [0.1, 0.15) is 30.5 Å². The van der Waals surface area contributed by atoms with Gasteiger partial charge in [0.15, 0.2) is 0 Å². The summed E-state index contributed by atoms with van der Waals surface area (Å²) >= 11 is 0. The zero-order chi connectivity index (χ0) is 12.4. The molecule has 18 heavy (non-hydrogen) atoms. The second kappa shape index (κ2) is 5.29. The standard InChI is InChI=1S/C15H21NO2/c1-2-16-15(13-5-7-17-10-13)12-3-4-14-11(9-12)6-8-18-14/h3-4,9,13,15-16H,2,5-8,10H2,1H3. The van der Waals surface area contributed by atoms with Gasteiger partial charge in [-0.15, -0.1) is 0 Å². The topological polar surface area (TPSA) is 30.5 Å². The highest BCUT2D eigenvalue weighted by atomic mass is 16.5. The number of benzene rings is 1. The third kappa shape index (κ3) is 2.25. The van der Waals surface area contributed by atoms with Crippen molar-refractivity contribution in [3.63, 3.8) is 0 Å². The largest absolute Gasteiger partial charge is 0.493 e. The van der Waals surface area contributed by atoms with E-state index in [-0.39, 0.29) is 0 Å². The molecule has 0 aromatic heterocycles. The quantitative estimate of drug-likeness (QED) is 0.885. The maximum atomic E-state index is 5.57. The first-order valence-electron chi connectivity index (χ1n) is 6.95. The first-order chi connectivity index (χ1) is 8.88. The molecule has 1 fully saturated rings. The molecule has 1 saturated heterocycles. The van der Waals surface area contributed by atoms with Gasteiger partial charge in [-0.25, -0.2) is 0 Å². The molecule has 2 atom stereocenters. The van der Waals surface area contributed by atoms with Gasteiger partial charge in [0, 0.05) is 25.0 Å². The molecule has 1 aromatic rings. The minimum absolute atomic E-state index is 0.420. The van der Waals surface area contributed by atoms with E-state index < -0.39 is 0 Å². The fraction of sp³-hybridized carbons (Fsp3) is 0.600. The molecule has 2 aliphatic rings. The highest BCUT2D eigenvalue weighted by Gasteiger charge is 2.27. The third-order valence-electron chi connectivity index (χ3n) is 3.93. The van der Waals surface area contributed by atoms with Crippen LogP contribution in [0.4, 0.5) is 0 Å². The average Bonchev–Trinajstić information content (AvgIpc) is 3.05. The van der Waals surface area contributed by atoms with Crippen LogP contribution < -0.4 is 10.1 Å². The van der Waals surface area contributed by atoms with Crippen molar-refractivity contribution in [3.8, 4) is 5.75 Å². The van der Waals surface area contributed by atoms with Gasteiger partial charge in [0.25, 0.3) is 0 Å². The summed E-state index contributed by atoms with van der Waals surface area (Å²) in [7, 11) is 0. The highest BCUT2D eigenvalue weighted by molar-refractivity contribution is 5.41. The Labute approximate surface area is 108 Å². The molecule has 0 saturated carbocycles. The molecule has 3 heteroatoms. The molecule has 3 nitrogen and oxygen atoms in total. The Bertz CT molecular complexity index is 413. The molecule has 2 aliphatic heterocycles. The smallest absolute Gasteiger partial charge is 0.122 e. The molecule has 2 unspecified atom stereocenters. The van der Waals surface area contributed by atoms with Gasteiger partial charge in [-0.1, -0.05) is 19.1 Å². The second-order valence-corrected chi connectivity index (χ2v) is 5.12. The van der Waals surface area contributed by atoms with Crippen LogP contribution in [-0.4, -0.2) is 26.4 Å². The van der Waals surface area contributed by atoms with Crippen molar-refractivity contribution >= 4 is 0 Å². The summed E-state index contributed by atoms with van der Waals surface area (Å²) in [6.45, 7) is 5.77. The van der Waals surface area contributed by atoms with Crippen molar-refractivity contribution in [2.45, 2.75) is 25.8 Å². The lowest BCUT2D eigenvalue weighted by Gasteiger charge is -2.24. The lowest BCUT2D eigenvalue weighted by atomic mass is 9.91. The van der Waals surface area contributed by atoms with E-state index in [1.54, 1.807) is 0 Å². The number of hydrogen-bond acceptors (Lipinski definition) is 3. The van der Waals surface area contributed by atoms with Gasteiger partial charge in [-0.2, -0.15) is 0 Å². The maximum absolute atomic E-state index is 5.57. The SMILES string of the molecule is CCNC(c1ccc2c(c1)CCO2)C1CCOC1. The highest BCUT2D eigenvalue weighted by Crippen LogP contribution is 2.33. The van der Waals surface area contributed by atoms with Crippen LogP contribution in [-0.2, 0) is 11.2 Å². The van der Waals surface area contributed by atoms with Crippen molar-refractivity contribution in [1.29, 1.82) is 0 Å². The third-order valence-corrected chi connectivity index (χ3v) is 3.93.